The second-order valence-corrected chi connectivity index (χ2v) is 4.14. The fourth-order valence-corrected chi connectivity index (χ4v) is 1.71. The maximum absolute atomic E-state index is 5.70. The lowest BCUT2D eigenvalue weighted by Gasteiger charge is -2.03. The monoisotopic (exact) mass is 194 g/mol. The zero-order chi connectivity index (χ0) is 9.97. The van der Waals surface area contributed by atoms with Gasteiger partial charge in [0.15, 0.2) is 5.89 Å². The minimum atomic E-state index is 0.561. The summed E-state index contributed by atoms with van der Waals surface area (Å²) in [5.74, 6) is 3.34. The van der Waals surface area contributed by atoms with Crippen LogP contribution in [-0.4, -0.2) is 18.6 Å². The van der Waals surface area contributed by atoms with Crippen LogP contribution in [0.25, 0.3) is 0 Å². The molecule has 1 unspecified atom stereocenters. The fourth-order valence-electron chi connectivity index (χ4n) is 1.71. The van der Waals surface area contributed by atoms with Gasteiger partial charge in [0.2, 0.25) is 0 Å². The third kappa shape index (κ3) is 2.15. The highest BCUT2D eigenvalue weighted by molar-refractivity contribution is 5.05. The number of hydrogen-bond donors (Lipinski definition) is 1. The summed E-state index contributed by atoms with van der Waals surface area (Å²) in [7, 11) is 1.94. The topological polar surface area (TPSA) is 38.1 Å². The van der Waals surface area contributed by atoms with Crippen LogP contribution in [0.3, 0.4) is 0 Å². The molecule has 1 atom stereocenters. The van der Waals surface area contributed by atoms with Gasteiger partial charge in [0.1, 0.15) is 5.76 Å². The summed E-state index contributed by atoms with van der Waals surface area (Å²) < 4.78 is 5.70. The Kier molecular flexibility index (Phi) is 2.87. The first-order chi connectivity index (χ1) is 6.81. The van der Waals surface area contributed by atoms with Crippen LogP contribution in [0.5, 0.6) is 0 Å². The summed E-state index contributed by atoms with van der Waals surface area (Å²) in [6.45, 7) is 3.16. The molecule has 0 spiro atoms. The Hall–Kier alpha value is -0.830. The number of rotatable bonds is 5. The molecule has 1 N–H and O–H groups in total. The second kappa shape index (κ2) is 4.13. The number of aromatic nitrogens is 1. The number of oxazole rings is 1. The average molecular weight is 194 g/mol. The van der Waals surface area contributed by atoms with Gasteiger partial charge in [0.05, 0.1) is 6.20 Å². The Bertz CT molecular complexity index is 291. The molecule has 1 aliphatic carbocycles. The van der Waals surface area contributed by atoms with Crippen molar-refractivity contribution in [2.75, 3.05) is 13.6 Å². The zero-order valence-electron chi connectivity index (χ0n) is 8.92. The summed E-state index contributed by atoms with van der Waals surface area (Å²) in [6.07, 6.45) is 5.49. The minimum Gasteiger partial charge on any atom is -0.445 e. The van der Waals surface area contributed by atoms with Crippen LogP contribution in [0.15, 0.2) is 10.6 Å². The summed E-state index contributed by atoms with van der Waals surface area (Å²) in [5, 5.41) is 3.09. The first-order valence-corrected chi connectivity index (χ1v) is 5.40. The third-order valence-electron chi connectivity index (χ3n) is 2.94. The van der Waals surface area contributed by atoms with E-state index in [1.54, 1.807) is 0 Å². The van der Waals surface area contributed by atoms with E-state index in [4.69, 9.17) is 4.42 Å². The molecular formula is C11H18N2O. The van der Waals surface area contributed by atoms with Gasteiger partial charge in [-0.2, -0.15) is 0 Å². The molecule has 0 radical (unpaired) electrons. The molecule has 3 heteroatoms. The zero-order valence-corrected chi connectivity index (χ0v) is 8.92. The summed E-state index contributed by atoms with van der Waals surface area (Å²) in [6, 6.07) is 0. The number of likely N-dealkylation sites (N-methyl/N-ethyl adjacent to an activating group) is 1. The maximum Gasteiger partial charge on any atom is 0.195 e. The Labute approximate surface area is 84.9 Å². The van der Waals surface area contributed by atoms with Crippen molar-refractivity contribution in [1.29, 1.82) is 0 Å². The van der Waals surface area contributed by atoms with Crippen molar-refractivity contribution in [3.05, 3.63) is 17.8 Å². The Morgan fingerprint density at radius 2 is 2.43 bits per heavy atom. The molecule has 1 aromatic heterocycles. The second-order valence-electron chi connectivity index (χ2n) is 4.14. The SMILES string of the molecule is CNCCc1ncc(C(C)C2CC2)o1. The quantitative estimate of drug-likeness (QED) is 0.778. The molecule has 0 aliphatic heterocycles. The largest absolute Gasteiger partial charge is 0.445 e. The molecular weight excluding hydrogens is 176 g/mol. The first-order valence-electron chi connectivity index (χ1n) is 5.40. The lowest BCUT2D eigenvalue weighted by molar-refractivity contribution is 0.414. The molecule has 0 aromatic carbocycles. The van der Waals surface area contributed by atoms with Crippen molar-refractivity contribution in [2.45, 2.75) is 32.1 Å². The van der Waals surface area contributed by atoms with E-state index in [1.165, 1.54) is 12.8 Å². The van der Waals surface area contributed by atoms with Crippen molar-refractivity contribution in [1.82, 2.24) is 10.3 Å². The van der Waals surface area contributed by atoms with Gasteiger partial charge in [-0.3, -0.25) is 0 Å². The third-order valence-corrected chi connectivity index (χ3v) is 2.94. The summed E-state index contributed by atoms with van der Waals surface area (Å²) >= 11 is 0. The Morgan fingerprint density at radius 3 is 3.07 bits per heavy atom. The predicted octanol–water partition coefficient (Wildman–Crippen LogP) is 1.95. The van der Waals surface area contributed by atoms with Gasteiger partial charge in [-0.25, -0.2) is 4.98 Å². The van der Waals surface area contributed by atoms with E-state index in [9.17, 15) is 0 Å². The van der Waals surface area contributed by atoms with Gasteiger partial charge in [0.25, 0.3) is 0 Å². The molecule has 0 bridgehead atoms. The van der Waals surface area contributed by atoms with E-state index in [0.29, 0.717) is 5.92 Å². The lowest BCUT2D eigenvalue weighted by atomic mass is 10.0. The van der Waals surface area contributed by atoms with Gasteiger partial charge >= 0.3 is 0 Å². The van der Waals surface area contributed by atoms with Crippen molar-refractivity contribution >= 4 is 0 Å². The highest BCUT2D eigenvalue weighted by Crippen LogP contribution is 2.42. The number of nitrogens with one attached hydrogen (secondary N) is 1. The predicted molar refractivity (Wildman–Crippen MR) is 55.3 cm³/mol. The van der Waals surface area contributed by atoms with E-state index >= 15 is 0 Å². The minimum absolute atomic E-state index is 0.561. The standard InChI is InChI=1S/C11H18N2O/c1-8(9-3-4-9)10-7-13-11(14-10)5-6-12-2/h7-9,12H,3-6H2,1-2H3. The van der Waals surface area contributed by atoms with Crippen LogP contribution in [0, 0.1) is 5.92 Å². The lowest BCUT2D eigenvalue weighted by Crippen LogP contribution is -2.10. The van der Waals surface area contributed by atoms with Gasteiger partial charge < -0.3 is 9.73 Å². The molecule has 1 heterocycles. The van der Waals surface area contributed by atoms with Crippen LogP contribution in [0.2, 0.25) is 0 Å². The molecule has 1 saturated carbocycles. The van der Waals surface area contributed by atoms with Crippen LogP contribution in [0.4, 0.5) is 0 Å². The molecule has 0 amide bonds. The number of nitrogens with zero attached hydrogens (tertiary/aromatic N) is 1. The van der Waals surface area contributed by atoms with Gasteiger partial charge in [-0.05, 0) is 25.8 Å². The van der Waals surface area contributed by atoms with Crippen molar-refractivity contribution < 1.29 is 4.42 Å². The molecule has 78 valence electrons. The normalized spacial score (nSPS) is 18.4. The average Bonchev–Trinajstić information content (AvgIpc) is 2.94. The molecule has 1 aliphatic rings. The molecule has 14 heavy (non-hydrogen) atoms. The van der Waals surface area contributed by atoms with E-state index in [0.717, 1.165) is 30.5 Å². The van der Waals surface area contributed by atoms with Crippen LogP contribution >= 0.6 is 0 Å². The fraction of sp³-hybridized carbons (Fsp3) is 0.727. The molecule has 2 rings (SSSR count). The summed E-state index contributed by atoms with van der Waals surface area (Å²) in [4.78, 5) is 4.28. The molecule has 3 nitrogen and oxygen atoms in total. The van der Waals surface area contributed by atoms with E-state index in [2.05, 4.69) is 17.2 Å². The van der Waals surface area contributed by atoms with E-state index < -0.39 is 0 Å². The molecule has 1 fully saturated rings. The van der Waals surface area contributed by atoms with Crippen LogP contribution < -0.4 is 5.32 Å². The summed E-state index contributed by atoms with van der Waals surface area (Å²) in [5.41, 5.74) is 0. The molecule has 0 saturated heterocycles. The van der Waals surface area contributed by atoms with E-state index in [1.807, 2.05) is 13.2 Å². The van der Waals surface area contributed by atoms with Gasteiger partial charge in [-0.15, -0.1) is 0 Å². The highest BCUT2D eigenvalue weighted by atomic mass is 16.4. The van der Waals surface area contributed by atoms with Crippen molar-refractivity contribution in [3.63, 3.8) is 0 Å². The maximum atomic E-state index is 5.70. The number of hydrogen-bond acceptors (Lipinski definition) is 3. The van der Waals surface area contributed by atoms with Gasteiger partial charge in [-0.1, -0.05) is 6.92 Å². The highest BCUT2D eigenvalue weighted by Gasteiger charge is 2.31. The smallest absolute Gasteiger partial charge is 0.195 e. The first kappa shape index (κ1) is 9.71. The van der Waals surface area contributed by atoms with Crippen molar-refractivity contribution in [2.24, 2.45) is 5.92 Å². The van der Waals surface area contributed by atoms with E-state index in [-0.39, 0.29) is 0 Å². The van der Waals surface area contributed by atoms with Crippen LogP contribution in [-0.2, 0) is 6.42 Å². The van der Waals surface area contributed by atoms with Crippen molar-refractivity contribution in [3.8, 4) is 0 Å². The Morgan fingerprint density at radius 1 is 1.64 bits per heavy atom. The molecule has 1 aromatic rings. The Balaban J connectivity index is 1.94. The van der Waals surface area contributed by atoms with Gasteiger partial charge in [0, 0.05) is 18.9 Å². The van der Waals surface area contributed by atoms with Crippen LogP contribution in [0.1, 0.15) is 37.3 Å².